The molecule has 1 aromatic rings. The molecule has 0 aliphatic heterocycles. The normalized spacial score (nSPS) is 11.1. The van der Waals surface area contributed by atoms with E-state index >= 15 is 0 Å². The number of amides is 1. The molecule has 0 bridgehead atoms. The molecule has 0 unspecified atom stereocenters. The van der Waals surface area contributed by atoms with E-state index < -0.39 is 0 Å². The van der Waals surface area contributed by atoms with Crippen LogP contribution in [0.3, 0.4) is 0 Å². The monoisotopic (exact) mass is 511 g/mol. The van der Waals surface area contributed by atoms with Gasteiger partial charge in [-0.25, -0.2) is 0 Å². The summed E-state index contributed by atoms with van der Waals surface area (Å²) in [4.78, 5) is 18.5. The quantitative estimate of drug-likeness (QED) is 0.183. The van der Waals surface area contributed by atoms with E-state index in [9.17, 15) is 4.79 Å². The number of hydrogen-bond acceptors (Lipinski definition) is 4. The summed E-state index contributed by atoms with van der Waals surface area (Å²) in [5.41, 5.74) is 0.480. The van der Waals surface area contributed by atoms with Crippen molar-refractivity contribution >= 4 is 47.4 Å². The zero-order chi connectivity index (χ0) is 19.2. The van der Waals surface area contributed by atoms with Crippen LogP contribution in [0, 0.1) is 0 Å². The lowest BCUT2D eigenvalue weighted by molar-refractivity contribution is 0.0954. The molecule has 0 saturated carbocycles. The number of halogens is 2. The summed E-state index contributed by atoms with van der Waals surface area (Å²) in [7, 11) is 5.52. The number of nitrogens with zero attached hydrogens (tertiary/aromatic N) is 2. The van der Waals surface area contributed by atoms with Gasteiger partial charge in [0.15, 0.2) is 5.96 Å². The van der Waals surface area contributed by atoms with Crippen LogP contribution in [0.2, 0.25) is 5.02 Å². The molecule has 0 spiro atoms. The Labute approximate surface area is 184 Å². The van der Waals surface area contributed by atoms with Gasteiger partial charge in [-0.3, -0.25) is 9.79 Å². The van der Waals surface area contributed by atoms with Crippen LogP contribution in [0.15, 0.2) is 29.3 Å². The molecule has 0 aliphatic rings. The molecule has 154 valence electrons. The lowest BCUT2D eigenvalue weighted by Crippen LogP contribution is -2.43. The van der Waals surface area contributed by atoms with Crippen LogP contribution in [-0.4, -0.2) is 77.3 Å². The zero-order valence-corrected chi connectivity index (χ0v) is 19.3. The highest BCUT2D eigenvalue weighted by Crippen LogP contribution is 2.14. The molecule has 0 heterocycles. The number of carbonyl (C=O) groups excluding carboxylic acids is 1. The highest BCUT2D eigenvalue weighted by Gasteiger charge is 2.08. The zero-order valence-electron chi connectivity index (χ0n) is 16.3. The van der Waals surface area contributed by atoms with Gasteiger partial charge in [0, 0.05) is 53.5 Å². The number of aliphatic imine (C=N–C) groups is 1. The van der Waals surface area contributed by atoms with Crippen molar-refractivity contribution in [3.8, 4) is 0 Å². The van der Waals surface area contributed by atoms with E-state index in [1.165, 1.54) is 0 Å². The molecule has 1 rings (SSSR count). The van der Waals surface area contributed by atoms with Gasteiger partial charge in [-0.05, 0) is 25.6 Å². The van der Waals surface area contributed by atoms with E-state index in [2.05, 4.69) is 32.9 Å². The van der Waals surface area contributed by atoms with Crippen LogP contribution in [-0.2, 0) is 4.74 Å². The number of benzene rings is 1. The molecular formula is C18H31ClIN5O2. The van der Waals surface area contributed by atoms with Gasteiger partial charge in [-0.1, -0.05) is 23.7 Å². The van der Waals surface area contributed by atoms with Crippen molar-refractivity contribution in [3.63, 3.8) is 0 Å². The average molecular weight is 512 g/mol. The van der Waals surface area contributed by atoms with E-state index in [1.807, 2.05) is 0 Å². The van der Waals surface area contributed by atoms with Gasteiger partial charge in [0.05, 0.1) is 10.6 Å². The Hall–Kier alpha value is -1.10. The third kappa shape index (κ3) is 11.4. The van der Waals surface area contributed by atoms with Crippen molar-refractivity contribution in [3.05, 3.63) is 34.9 Å². The lowest BCUT2D eigenvalue weighted by atomic mass is 10.2. The molecule has 0 atom stereocenters. The molecule has 0 aliphatic carbocycles. The van der Waals surface area contributed by atoms with Gasteiger partial charge in [0.1, 0.15) is 0 Å². The summed E-state index contributed by atoms with van der Waals surface area (Å²) in [5.74, 6) is 0.528. The van der Waals surface area contributed by atoms with Gasteiger partial charge in [0.2, 0.25) is 0 Å². The molecule has 27 heavy (non-hydrogen) atoms. The standard InChI is InChI=1S/C18H30ClN5O2.HI/c1-20-18(23-11-13-24(2)12-6-14-26-3)22-10-9-21-17(25)15-7-4-5-8-16(15)19;/h4-5,7-8H,6,9-14H2,1-3H3,(H,21,25)(H2,20,22,23);1H. The number of methoxy groups -OCH3 is 1. The van der Waals surface area contributed by atoms with Crippen LogP contribution < -0.4 is 16.0 Å². The predicted molar refractivity (Wildman–Crippen MR) is 123 cm³/mol. The first-order valence-electron chi connectivity index (χ1n) is 8.73. The predicted octanol–water partition coefficient (Wildman–Crippen LogP) is 1.82. The molecule has 9 heteroatoms. The number of guanidine groups is 1. The summed E-state index contributed by atoms with van der Waals surface area (Å²) in [5, 5.41) is 9.70. The van der Waals surface area contributed by atoms with Gasteiger partial charge in [0.25, 0.3) is 5.91 Å². The summed E-state index contributed by atoms with van der Waals surface area (Å²) in [6.45, 7) is 4.51. The van der Waals surface area contributed by atoms with Crippen molar-refractivity contribution in [2.45, 2.75) is 6.42 Å². The van der Waals surface area contributed by atoms with E-state index in [0.29, 0.717) is 29.6 Å². The molecule has 3 N–H and O–H groups in total. The first-order valence-corrected chi connectivity index (χ1v) is 9.11. The number of likely N-dealkylation sites (N-methyl/N-ethyl adjacent to an activating group) is 1. The maximum Gasteiger partial charge on any atom is 0.252 e. The Morgan fingerprint density at radius 2 is 1.81 bits per heavy atom. The van der Waals surface area contributed by atoms with Crippen LogP contribution in [0.25, 0.3) is 0 Å². The number of rotatable bonds is 11. The van der Waals surface area contributed by atoms with E-state index in [4.69, 9.17) is 16.3 Å². The molecule has 0 saturated heterocycles. The Kier molecular flexibility index (Phi) is 15.3. The lowest BCUT2D eigenvalue weighted by Gasteiger charge is -2.18. The smallest absolute Gasteiger partial charge is 0.252 e. The fraction of sp³-hybridized carbons (Fsp3) is 0.556. The van der Waals surface area contributed by atoms with E-state index in [-0.39, 0.29) is 29.9 Å². The molecule has 0 aromatic heterocycles. The Balaban J connectivity index is 0.00000676. The fourth-order valence-electron chi connectivity index (χ4n) is 2.27. The molecule has 1 aromatic carbocycles. The van der Waals surface area contributed by atoms with Crippen molar-refractivity contribution in [2.24, 2.45) is 4.99 Å². The molecule has 0 radical (unpaired) electrons. The Bertz CT molecular complexity index is 574. The second-order valence-electron chi connectivity index (χ2n) is 5.81. The highest BCUT2D eigenvalue weighted by atomic mass is 127. The topological polar surface area (TPSA) is 78.0 Å². The summed E-state index contributed by atoms with van der Waals surface area (Å²) >= 11 is 6.01. The molecule has 7 nitrogen and oxygen atoms in total. The van der Waals surface area contributed by atoms with E-state index in [0.717, 1.165) is 32.7 Å². The summed E-state index contributed by atoms with van der Waals surface area (Å²) in [6, 6.07) is 6.99. The van der Waals surface area contributed by atoms with Crippen LogP contribution in [0.5, 0.6) is 0 Å². The molecular weight excluding hydrogens is 481 g/mol. The third-order valence-electron chi connectivity index (χ3n) is 3.72. The van der Waals surface area contributed by atoms with Crippen molar-refractivity contribution in [1.82, 2.24) is 20.9 Å². The maximum atomic E-state index is 12.1. The number of hydrogen-bond donors (Lipinski definition) is 3. The van der Waals surface area contributed by atoms with Crippen LogP contribution in [0.1, 0.15) is 16.8 Å². The Morgan fingerprint density at radius 3 is 2.48 bits per heavy atom. The van der Waals surface area contributed by atoms with Crippen molar-refractivity contribution in [2.75, 3.05) is 60.5 Å². The fourth-order valence-corrected chi connectivity index (χ4v) is 2.50. The van der Waals surface area contributed by atoms with Crippen LogP contribution >= 0.6 is 35.6 Å². The minimum Gasteiger partial charge on any atom is -0.385 e. The number of ether oxygens (including phenoxy) is 1. The first kappa shape index (κ1) is 25.9. The molecule has 1 amide bonds. The van der Waals surface area contributed by atoms with Crippen molar-refractivity contribution < 1.29 is 9.53 Å². The summed E-state index contributed by atoms with van der Waals surface area (Å²) in [6.07, 6.45) is 1.02. The second kappa shape index (κ2) is 15.9. The minimum atomic E-state index is -0.182. The number of carbonyl (C=O) groups is 1. The SMILES string of the molecule is CN=C(NCCNC(=O)c1ccccc1Cl)NCCN(C)CCCOC.I. The molecule has 0 fully saturated rings. The van der Waals surface area contributed by atoms with Crippen LogP contribution in [0.4, 0.5) is 0 Å². The van der Waals surface area contributed by atoms with Crippen molar-refractivity contribution in [1.29, 1.82) is 0 Å². The number of nitrogens with one attached hydrogen (secondary N) is 3. The van der Waals surface area contributed by atoms with Gasteiger partial charge < -0.3 is 25.6 Å². The summed E-state index contributed by atoms with van der Waals surface area (Å²) < 4.78 is 5.05. The first-order chi connectivity index (χ1) is 12.6. The Morgan fingerprint density at radius 1 is 1.15 bits per heavy atom. The minimum absolute atomic E-state index is 0. The highest BCUT2D eigenvalue weighted by molar-refractivity contribution is 14.0. The van der Waals surface area contributed by atoms with Gasteiger partial charge in [-0.2, -0.15) is 0 Å². The largest absolute Gasteiger partial charge is 0.385 e. The van der Waals surface area contributed by atoms with Gasteiger partial charge in [-0.15, -0.1) is 24.0 Å². The van der Waals surface area contributed by atoms with E-state index in [1.54, 1.807) is 38.4 Å². The second-order valence-corrected chi connectivity index (χ2v) is 6.22. The maximum absolute atomic E-state index is 12.1. The third-order valence-corrected chi connectivity index (χ3v) is 4.05. The van der Waals surface area contributed by atoms with Gasteiger partial charge >= 0.3 is 0 Å². The average Bonchev–Trinajstić information content (AvgIpc) is 2.64.